The highest BCUT2D eigenvalue weighted by Gasteiger charge is 2.26. The van der Waals surface area contributed by atoms with Crippen molar-refractivity contribution in [3.63, 3.8) is 0 Å². The van der Waals surface area contributed by atoms with Crippen LogP contribution in [0.4, 0.5) is 0 Å². The van der Waals surface area contributed by atoms with Crippen molar-refractivity contribution >= 4 is 95.6 Å². The molecule has 0 saturated heterocycles. The van der Waals surface area contributed by atoms with Gasteiger partial charge in [-0.05, 0) is 83.7 Å². The number of hydrogen-bond donors (Lipinski definition) is 2. The minimum Gasteiger partial charge on any atom is -0.478 e. The van der Waals surface area contributed by atoms with E-state index in [0.29, 0.717) is 11.6 Å². The van der Waals surface area contributed by atoms with Crippen molar-refractivity contribution in [2.75, 3.05) is 0 Å². The predicted octanol–water partition coefficient (Wildman–Crippen LogP) is 3.66. The summed E-state index contributed by atoms with van der Waals surface area (Å²) in [4.78, 5) is 22.1. The summed E-state index contributed by atoms with van der Waals surface area (Å²) < 4.78 is 1.76. The zero-order valence-electron chi connectivity index (χ0n) is 7.22. The van der Waals surface area contributed by atoms with Crippen LogP contribution in [0.2, 0.25) is 0 Å². The van der Waals surface area contributed by atoms with Crippen molar-refractivity contribution in [2.45, 2.75) is 0 Å². The molecule has 0 spiro atoms. The van der Waals surface area contributed by atoms with E-state index in [1.165, 1.54) is 0 Å². The topological polar surface area (TPSA) is 74.6 Å². The molecule has 0 saturated carbocycles. The predicted molar refractivity (Wildman–Crippen MR) is 86.2 cm³/mol. The molecule has 0 aliphatic heterocycles. The number of carboxylic acids is 2. The summed E-state index contributed by atoms with van der Waals surface area (Å²) in [5.41, 5.74) is 0.0387. The van der Waals surface area contributed by atoms with Crippen LogP contribution in [0.1, 0.15) is 20.7 Å². The molecule has 0 bridgehead atoms. The van der Waals surface area contributed by atoms with Crippen LogP contribution in [0.3, 0.4) is 0 Å². The monoisotopic (exact) mass is 622 g/mol. The molecule has 0 aliphatic rings. The van der Waals surface area contributed by atoms with Crippen LogP contribution in [-0.4, -0.2) is 22.2 Å². The molecule has 0 radical (unpaired) electrons. The summed E-state index contributed by atoms with van der Waals surface area (Å²) >= 11 is 8.72. The molecule has 0 aliphatic carbocycles. The second kappa shape index (κ2) is 5.65. The van der Waals surface area contributed by atoms with Gasteiger partial charge in [0.25, 0.3) is 0 Å². The molecule has 0 heterocycles. The molecular weight excluding hydrogens is 621 g/mol. The number of aromatic carboxylic acids is 2. The number of rotatable bonds is 2. The third-order valence-electron chi connectivity index (χ3n) is 1.69. The van der Waals surface area contributed by atoms with Gasteiger partial charge in [0.1, 0.15) is 0 Å². The Balaban J connectivity index is 3.80. The quantitative estimate of drug-likeness (QED) is 0.300. The molecule has 86 valence electrons. The van der Waals surface area contributed by atoms with Gasteiger partial charge < -0.3 is 10.2 Å². The van der Waals surface area contributed by atoms with Gasteiger partial charge in [0, 0.05) is 15.2 Å². The minimum atomic E-state index is -1.13. The number of halogens is 4. The van der Waals surface area contributed by atoms with Gasteiger partial charge >= 0.3 is 11.9 Å². The van der Waals surface area contributed by atoms with Crippen molar-refractivity contribution < 1.29 is 19.8 Å². The van der Waals surface area contributed by atoms with Crippen molar-refractivity contribution in [3.05, 3.63) is 26.3 Å². The van der Waals surface area contributed by atoms with Crippen LogP contribution in [0, 0.1) is 10.7 Å². The molecule has 8 heteroatoms. The van der Waals surface area contributed by atoms with Crippen LogP contribution >= 0.6 is 83.7 Å². The highest BCUT2D eigenvalue weighted by molar-refractivity contribution is 14.1. The van der Waals surface area contributed by atoms with Crippen molar-refractivity contribution in [1.82, 2.24) is 0 Å². The summed E-state index contributed by atoms with van der Waals surface area (Å²) in [6.45, 7) is 0. The Hall–Kier alpha value is 0.830. The highest BCUT2D eigenvalue weighted by atomic mass is 127. The highest BCUT2D eigenvalue weighted by Crippen LogP contribution is 2.35. The van der Waals surface area contributed by atoms with Crippen LogP contribution in [0.25, 0.3) is 0 Å². The molecule has 0 aromatic heterocycles. The summed E-state index contributed by atoms with van der Waals surface area (Å²) in [5, 5.41) is 18.1. The first kappa shape index (κ1) is 14.9. The van der Waals surface area contributed by atoms with E-state index in [9.17, 15) is 9.59 Å². The van der Waals surface area contributed by atoms with Crippen LogP contribution < -0.4 is 0 Å². The van der Waals surface area contributed by atoms with Crippen molar-refractivity contribution in [2.24, 2.45) is 0 Å². The molecule has 16 heavy (non-hydrogen) atoms. The summed E-state index contributed by atoms with van der Waals surface area (Å²) in [6.07, 6.45) is 0. The number of benzene rings is 1. The molecule has 1 rings (SSSR count). The van der Waals surface area contributed by atoms with Gasteiger partial charge in [-0.15, -0.1) is 0 Å². The first-order valence-corrected chi connectivity index (χ1v) is 7.64. The maximum Gasteiger partial charge on any atom is 0.337 e. The second-order valence-electron chi connectivity index (χ2n) is 2.62. The normalized spacial score (nSPS) is 10.2. The molecular formula is C8H2BrI3O4. The maximum atomic E-state index is 11.1. The lowest BCUT2D eigenvalue weighted by molar-refractivity contribution is 0.0694. The van der Waals surface area contributed by atoms with E-state index >= 15 is 0 Å². The molecule has 0 atom stereocenters. The van der Waals surface area contributed by atoms with E-state index in [1.807, 2.05) is 45.2 Å². The average molecular weight is 623 g/mol. The summed E-state index contributed by atoms with van der Waals surface area (Å²) in [5.74, 6) is -2.26. The van der Waals surface area contributed by atoms with E-state index in [2.05, 4.69) is 15.9 Å². The van der Waals surface area contributed by atoms with Crippen LogP contribution in [0.15, 0.2) is 4.47 Å². The molecule has 1 aromatic rings. The second-order valence-corrected chi connectivity index (χ2v) is 6.65. The van der Waals surface area contributed by atoms with Gasteiger partial charge in [-0.3, -0.25) is 0 Å². The first-order valence-electron chi connectivity index (χ1n) is 3.61. The van der Waals surface area contributed by atoms with E-state index in [4.69, 9.17) is 10.2 Å². The Bertz CT molecular complexity index is 460. The third-order valence-corrected chi connectivity index (χ3v) is 7.20. The van der Waals surface area contributed by atoms with E-state index in [-0.39, 0.29) is 14.7 Å². The van der Waals surface area contributed by atoms with Gasteiger partial charge in [-0.2, -0.15) is 0 Å². The van der Waals surface area contributed by atoms with Gasteiger partial charge in [0.15, 0.2) is 0 Å². The molecule has 0 unspecified atom stereocenters. The minimum absolute atomic E-state index is 0.0193. The van der Waals surface area contributed by atoms with Crippen molar-refractivity contribution in [1.29, 1.82) is 0 Å². The lowest BCUT2D eigenvalue weighted by Gasteiger charge is -2.11. The summed E-state index contributed by atoms with van der Waals surface area (Å²) in [7, 11) is 0. The zero-order valence-corrected chi connectivity index (χ0v) is 15.3. The first-order chi connectivity index (χ1) is 7.29. The van der Waals surface area contributed by atoms with Gasteiger partial charge in [-0.1, -0.05) is 0 Å². The molecule has 0 fully saturated rings. The zero-order chi connectivity index (χ0) is 12.6. The Morgan fingerprint density at radius 1 is 0.875 bits per heavy atom. The average Bonchev–Trinajstić information content (AvgIpc) is 2.13. The number of hydrogen-bond acceptors (Lipinski definition) is 2. The number of carboxylic acid groups (broad SMARTS) is 2. The third kappa shape index (κ3) is 2.63. The van der Waals surface area contributed by atoms with Gasteiger partial charge in [-0.25, -0.2) is 9.59 Å². The molecule has 4 nitrogen and oxygen atoms in total. The fraction of sp³-hybridized carbons (Fsp3) is 0. The summed E-state index contributed by atoms with van der Waals surface area (Å²) in [6, 6.07) is 0. The Labute approximate surface area is 140 Å². The fourth-order valence-corrected chi connectivity index (χ4v) is 5.49. The van der Waals surface area contributed by atoms with Crippen LogP contribution in [-0.2, 0) is 0 Å². The largest absolute Gasteiger partial charge is 0.478 e. The number of carbonyl (C=O) groups is 2. The van der Waals surface area contributed by atoms with E-state index < -0.39 is 11.9 Å². The lowest BCUT2D eigenvalue weighted by atomic mass is 10.1. The maximum absolute atomic E-state index is 11.1. The smallest absolute Gasteiger partial charge is 0.337 e. The Morgan fingerprint density at radius 2 is 1.19 bits per heavy atom. The van der Waals surface area contributed by atoms with E-state index in [1.54, 1.807) is 22.6 Å². The van der Waals surface area contributed by atoms with Gasteiger partial charge in [0.05, 0.1) is 11.1 Å². The van der Waals surface area contributed by atoms with E-state index in [0.717, 1.165) is 0 Å². The SMILES string of the molecule is O=C(O)c1c(I)c(Br)c(I)c(C(=O)O)c1I. The standard InChI is InChI=1S/C8H2BrI3O4/c9-3-5(11)1(7(13)14)4(10)2(6(3)12)8(15)16/h(H,13,14)(H,15,16). The van der Waals surface area contributed by atoms with Crippen molar-refractivity contribution in [3.8, 4) is 0 Å². The van der Waals surface area contributed by atoms with Gasteiger partial charge in [0.2, 0.25) is 0 Å². The molecule has 1 aromatic carbocycles. The van der Waals surface area contributed by atoms with Crippen LogP contribution in [0.5, 0.6) is 0 Å². The molecule has 0 amide bonds. The fourth-order valence-electron chi connectivity index (χ4n) is 1.01. The lowest BCUT2D eigenvalue weighted by Crippen LogP contribution is -2.12. The Kier molecular flexibility index (Phi) is 5.25. The Morgan fingerprint density at radius 3 is 1.44 bits per heavy atom. The molecule has 2 N–H and O–H groups in total.